The summed E-state index contributed by atoms with van der Waals surface area (Å²) in [5.41, 5.74) is 2.82. The van der Waals surface area contributed by atoms with Crippen LogP contribution in [-0.2, 0) is 0 Å². The molecule has 0 unspecified atom stereocenters. The zero-order valence-electron chi connectivity index (χ0n) is 10.5. The van der Waals surface area contributed by atoms with Crippen molar-refractivity contribution in [2.45, 2.75) is 6.92 Å². The van der Waals surface area contributed by atoms with Crippen LogP contribution >= 0.6 is 11.6 Å². The molecule has 1 heterocycles. The number of rotatable bonds is 2. The van der Waals surface area contributed by atoms with Crippen LogP contribution in [0.4, 0.5) is 0 Å². The highest BCUT2D eigenvalue weighted by molar-refractivity contribution is 6.31. The molecule has 3 aromatic rings. The molecule has 0 bridgehead atoms. The van der Waals surface area contributed by atoms with E-state index in [4.69, 9.17) is 16.7 Å². The van der Waals surface area contributed by atoms with Gasteiger partial charge >= 0.3 is 5.97 Å². The molecule has 100 valence electrons. The number of hydrogen-bond donors (Lipinski definition) is 1. The first kappa shape index (κ1) is 12.6. The minimum atomic E-state index is -1.02. The Balaban J connectivity index is 2.25. The second kappa shape index (κ2) is 4.61. The van der Waals surface area contributed by atoms with Crippen LogP contribution in [0.25, 0.3) is 16.7 Å². The average molecular weight is 288 g/mol. The van der Waals surface area contributed by atoms with E-state index in [9.17, 15) is 4.79 Å². The summed E-state index contributed by atoms with van der Waals surface area (Å²) >= 11 is 6.11. The zero-order valence-corrected chi connectivity index (χ0v) is 11.3. The van der Waals surface area contributed by atoms with Crippen molar-refractivity contribution in [1.29, 1.82) is 0 Å². The van der Waals surface area contributed by atoms with Crippen molar-refractivity contribution in [2.24, 2.45) is 0 Å². The Morgan fingerprint density at radius 2 is 2.10 bits per heavy atom. The van der Waals surface area contributed by atoms with E-state index in [2.05, 4.69) is 10.3 Å². The smallest absolute Gasteiger partial charge is 0.338 e. The van der Waals surface area contributed by atoms with Crippen molar-refractivity contribution in [3.8, 4) is 5.69 Å². The fourth-order valence-corrected chi connectivity index (χ4v) is 2.20. The highest BCUT2D eigenvalue weighted by Crippen LogP contribution is 2.23. The fourth-order valence-electron chi connectivity index (χ4n) is 2.02. The van der Waals surface area contributed by atoms with Gasteiger partial charge in [0.25, 0.3) is 0 Å². The Morgan fingerprint density at radius 1 is 1.30 bits per heavy atom. The summed E-state index contributed by atoms with van der Waals surface area (Å²) in [6.07, 6.45) is 0. The number of carboxylic acid groups (broad SMARTS) is 1. The fraction of sp³-hybridized carbons (Fsp3) is 0.0714. The largest absolute Gasteiger partial charge is 0.478 e. The molecule has 2 aromatic carbocycles. The molecule has 0 fully saturated rings. The zero-order chi connectivity index (χ0) is 14.3. The topological polar surface area (TPSA) is 68.0 Å². The Labute approximate surface area is 119 Å². The Hall–Kier alpha value is -2.40. The van der Waals surface area contributed by atoms with E-state index in [0.717, 1.165) is 11.3 Å². The molecule has 1 aromatic heterocycles. The number of aryl methyl sites for hydroxylation is 1. The first-order chi connectivity index (χ1) is 9.58. The summed E-state index contributed by atoms with van der Waals surface area (Å²) in [6.45, 7) is 1.91. The molecular weight excluding hydrogens is 278 g/mol. The van der Waals surface area contributed by atoms with Crippen LogP contribution in [0.3, 0.4) is 0 Å². The van der Waals surface area contributed by atoms with Crippen molar-refractivity contribution >= 4 is 28.6 Å². The molecule has 0 spiro atoms. The van der Waals surface area contributed by atoms with Gasteiger partial charge in [0, 0.05) is 5.02 Å². The molecular formula is C14H10ClN3O2. The predicted octanol–water partition coefficient (Wildman–Crippen LogP) is 3.08. The van der Waals surface area contributed by atoms with E-state index >= 15 is 0 Å². The number of nitrogens with zero attached hydrogens (tertiary/aromatic N) is 3. The third-order valence-electron chi connectivity index (χ3n) is 3.11. The number of halogens is 1. The summed E-state index contributed by atoms with van der Waals surface area (Å²) in [4.78, 5) is 11.2. The molecule has 0 saturated carbocycles. The molecule has 0 saturated heterocycles. The van der Waals surface area contributed by atoms with E-state index < -0.39 is 5.97 Å². The van der Waals surface area contributed by atoms with Crippen LogP contribution in [0.15, 0.2) is 36.4 Å². The summed E-state index contributed by atoms with van der Waals surface area (Å²) < 4.78 is 1.58. The number of carbonyl (C=O) groups is 1. The van der Waals surface area contributed by atoms with Gasteiger partial charge in [-0.1, -0.05) is 28.9 Å². The molecule has 0 aliphatic rings. The van der Waals surface area contributed by atoms with Gasteiger partial charge in [0.15, 0.2) is 0 Å². The standard InChI is InChI=1S/C14H10ClN3O2/c1-8-5-6-9(7-11(8)15)18-12-4-2-3-10(14(19)20)13(12)16-17-18/h2-7H,1H3,(H,19,20). The Bertz CT molecular complexity index is 826. The number of benzene rings is 2. The number of aromatic nitrogens is 3. The van der Waals surface area contributed by atoms with Crippen molar-refractivity contribution in [2.75, 3.05) is 0 Å². The number of hydrogen-bond acceptors (Lipinski definition) is 3. The number of carboxylic acids is 1. The third-order valence-corrected chi connectivity index (χ3v) is 3.51. The highest BCUT2D eigenvalue weighted by atomic mass is 35.5. The highest BCUT2D eigenvalue weighted by Gasteiger charge is 2.14. The lowest BCUT2D eigenvalue weighted by atomic mass is 10.2. The van der Waals surface area contributed by atoms with Crippen LogP contribution in [0.1, 0.15) is 15.9 Å². The maximum absolute atomic E-state index is 11.2. The van der Waals surface area contributed by atoms with Crippen LogP contribution in [0.5, 0.6) is 0 Å². The molecule has 0 amide bonds. The molecule has 0 radical (unpaired) electrons. The molecule has 6 heteroatoms. The van der Waals surface area contributed by atoms with E-state index in [1.165, 1.54) is 6.07 Å². The predicted molar refractivity (Wildman–Crippen MR) is 75.6 cm³/mol. The van der Waals surface area contributed by atoms with E-state index in [1.807, 2.05) is 19.1 Å². The van der Waals surface area contributed by atoms with Crippen LogP contribution < -0.4 is 0 Å². The monoisotopic (exact) mass is 287 g/mol. The lowest BCUT2D eigenvalue weighted by Crippen LogP contribution is -1.98. The van der Waals surface area contributed by atoms with Crippen molar-refractivity contribution in [3.63, 3.8) is 0 Å². The molecule has 20 heavy (non-hydrogen) atoms. The van der Waals surface area contributed by atoms with Gasteiger partial charge in [0.2, 0.25) is 0 Å². The lowest BCUT2D eigenvalue weighted by Gasteiger charge is -2.04. The molecule has 1 N–H and O–H groups in total. The van der Waals surface area contributed by atoms with Crippen molar-refractivity contribution in [1.82, 2.24) is 15.0 Å². The lowest BCUT2D eigenvalue weighted by molar-refractivity contribution is 0.0699. The summed E-state index contributed by atoms with van der Waals surface area (Å²) in [5, 5.41) is 17.8. The second-order valence-electron chi connectivity index (χ2n) is 4.41. The summed E-state index contributed by atoms with van der Waals surface area (Å²) in [5.74, 6) is -1.02. The second-order valence-corrected chi connectivity index (χ2v) is 4.82. The van der Waals surface area contributed by atoms with Crippen LogP contribution in [-0.4, -0.2) is 26.1 Å². The summed E-state index contributed by atoms with van der Waals surface area (Å²) in [6, 6.07) is 10.5. The quantitative estimate of drug-likeness (QED) is 0.786. The SMILES string of the molecule is Cc1ccc(-n2nnc3c(C(=O)O)cccc32)cc1Cl. The minimum absolute atomic E-state index is 0.131. The van der Waals surface area contributed by atoms with Gasteiger partial charge in [-0.25, -0.2) is 9.48 Å². The molecule has 0 atom stereocenters. The Kier molecular flexibility index (Phi) is 2.91. The number of fused-ring (bicyclic) bond motifs is 1. The van der Waals surface area contributed by atoms with Gasteiger partial charge in [-0.15, -0.1) is 5.10 Å². The molecule has 3 rings (SSSR count). The van der Waals surface area contributed by atoms with Gasteiger partial charge in [0.1, 0.15) is 5.52 Å². The van der Waals surface area contributed by atoms with Gasteiger partial charge in [-0.3, -0.25) is 0 Å². The maximum Gasteiger partial charge on any atom is 0.338 e. The van der Waals surface area contributed by atoms with E-state index in [1.54, 1.807) is 22.9 Å². The number of aromatic carboxylic acids is 1. The van der Waals surface area contributed by atoms with Crippen LogP contribution in [0, 0.1) is 6.92 Å². The van der Waals surface area contributed by atoms with Gasteiger partial charge in [-0.05, 0) is 36.8 Å². The van der Waals surface area contributed by atoms with Crippen molar-refractivity contribution in [3.05, 3.63) is 52.5 Å². The van der Waals surface area contributed by atoms with Gasteiger partial charge < -0.3 is 5.11 Å². The third kappa shape index (κ3) is 1.92. The summed E-state index contributed by atoms with van der Waals surface area (Å²) in [7, 11) is 0. The minimum Gasteiger partial charge on any atom is -0.478 e. The average Bonchev–Trinajstić information content (AvgIpc) is 2.85. The Morgan fingerprint density at radius 3 is 2.80 bits per heavy atom. The van der Waals surface area contributed by atoms with Gasteiger partial charge in [-0.2, -0.15) is 0 Å². The molecule has 0 aliphatic carbocycles. The van der Waals surface area contributed by atoms with Crippen LogP contribution in [0.2, 0.25) is 5.02 Å². The van der Waals surface area contributed by atoms with E-state index in [0.29, 0.717) is 16.1 Å². The molecule has 0 aliphatic heterocycles. The maximum atomic E-state index is 11.2. The van der Waals surface area contributed by atoms with Crippen molar-refractivity contribution < 1.29 is 9.90 Å². The molecule has 5 nitrogen and oxygen atoms in total. The van der Waals surface area contributed by atoms with Gasteiger partial charge in [0.05, 0.1) is 16.8 Å². The van der Waals surface area contributed by atoms with E-state index in [-0.39, 0.29) is 5.56 Å². The first-order valence-electron chi connectivity index (χ1n) is 5.92. The normalized spacial score (nSPS) is 10.9. The first-order valence-corrected chi connectivity index (χ1v) is 6.30.